The van der Waals surface area contributed by atoms with Crippen molar-refractivity contribution in [2.24, 2.45) is 0 Å². The molecule has 4 nitrogen and oxygen atoms in total. The molecule has 1 fully saturated rings. The molecule has 102 valence electrons. The van der Waals surface area contributed by atoms with Crippen molar-refractivity contribution in [2.45, 2.75) is 43.8 Å². The Bertz CT molecular complexity index is 287. The van der Waals surface area contributed by atoms with Crippen LogP contribution in [0, 0.1) is 0 Å². The number of hydrogen-bond acceptors (Lipinski definition) is 4. The number of rotatable bonds is 8. The summed E-state index contributed by atoms with van der Waals surface area (Å²) in [6.07, 6.45) is 5.65. The third-order valence-corrected chi connectivity index (χ3v) is 6.01. The molecular formula is C11H23NO3S2. The van der Waals surface area contributed by atoms with Gasteiger partial charge in [-0.1, -0.05) is 19.3 Å². The lowest BCUT2D eigenvalue weighted by Gasteiger charge is -2.21. The Morgan fingerprint density at radius 2 is 1.88 bits per heavy atom. The van der Waals surface area contributed by atoms with E-state index in [1.807, 2.05) is 0 Å². The van der Waals surface area contributed by atoms with Gasteiger partial charge in [0.05, 0.1) is 5.25 Å². The molecule has 1 aliphatic rings. The fourth-order valence-electron chi connectivity index (χ4n) is 2.02. The molecule has 0 aromatic carbocycles. The van der Waals surface area contributed by atoms with Crippen LogP contribution in [-0.4, -0.2) is 43.4 Å². The number of aliphatic hydroxyl groups is 1. The normalized spacial score (nSPS) is 18.4. The van der Waals surface area contributed by atoms with Crippen LogP contribution in [0.5, 0.6) is 0 Å². The van der Waals surface area contributed by atoms with Crippen molar-refractivity contribution in [3.05, 3.63) is 0 Å². The van der Waals surface area contributed by atoms with Gasteiger partial charge < -0.3 is 5.11 Å². The van der Waals surface area contributed by atoms with Gasteiger partial charge in [-0.3, -0.25) is 0 Å². The van der Waals surface area contributed by atoms with Crippen molar-refractivity contribution < 1.29 is 13.5 Å². The maximum absolute atomic E-state index is 11.9. The van der Waals surface area contributed by atoms with Crippen molar-refractivity contribution in [3.63, 3.8) is 0 Å². The van der Waals surface area contributed by atoms with Gasteiger partial charge in [0.1, 0.15) is 0 Å². The van der Waals surface area contributed by atoms with E-state index < -0.39 is 10.0 Å². The lowest BCUT2D eigenvalue weighted by molar-refractivity contribution is 0.296. The van der Waals surface area contributed by atoms with Crippen molar-refractivity contribution in [1.82, 2.24) is 4.72 Å². The van der Waals surface area contributed by atoms with Crippen molar-refractivity contribution >= 4 is 21.8 Å². The van der Waals surface area contributed by atoms with Crippen LogP contribution in [-0.2, 0) is 10.0 Å². The highest BCUT2D eigenvalue weighted by molar-refractivity contribution is 7.99. The molecule has 1 rings (SSSR count). The van der Waals surface area contributed by atoms with Crippen LogP contribution in [0.15, 0.2) is 0 Å². The van der Waals surface area contributed by atoms with E-state index in [4.69, 9.17) is 5.11 Å². The number of aliphatic hydroxyl groups excluding tert-OH is 1. The summed E-state index contributed by atoms with van der Waals surface area (Å²) in [5.41, 5.74) is 0. The Morgan fingerprint density at radius 1 is 1.18 bits per heavy atom. The lowest BCUT2D eigenvalue weighted by Crippen LogP contribution is -2.36. The first-order valence-electron chi connectivity index (χ1n) is 6.34. The monoisotopic (exact) mass is 281 g/mol. The summed E-state index contributed by atoms with van der Waals surface area (Å²) >= 11 is 1.68. The minimum absolute atomic E-state index is 0.168. The van der Waals surface area contributed by atoms with Gasteiger partial charge >= 0.3 is 0 Å². The minimum Gasteiger partial charge on any atom is -0.396 e. The van der Waals surface area contributed by atoms with Crippen molar-refractivity contribution in [1.29, 1.82) is 0 Å². The Hall–Kier alpha value is 0.220. The Balaban J connectivity index is 2.15. The molecule has 0 bridgehead atoms. The average Bonchev–Trinajstić information content (AvgIpc) is 2.35. The van der Waals surface area contributed by atoms with E-state index >= 15 is 0 Å². The number of nitrogens with one attached hydrogen (secondary N) is 1. The molecule has 2 N–H and O–H groups in total. The van der Waals surface area contributed by atoms with Gasteiger partial charge in [-0.05, 0) is 25.0 Å². The molecule has 1 saturated carbocycles. The summed E-state index contributed by atoms with van der Waals surface area (Å²) in [7, 11) is -3.09. The van der Waals surface area contributed by atoms with E-state index in [1.54, 1.807) is 11.8 Å². The van der Waals surface area contributed by atoms with Gasteiger partial charge in [0.15, 0.2) is 0 Å². The first kappa shape index (κ1) is 15.3. The Kier molecular flexibility index (Phi) is 7.50. The average molecular weight is 281 g/mol. The molecule has 0 heterocycles. The van der Waals surface area contributed by atoms with E-state index in [1.165, 1.54) is 6.42 Å². The maximum atomic E-state index is 11.9. The molecule has 6 heteroatoms. The van der Waals surface area contributed by atoms with Gasteiger partial charge in [0.25, 0.3) is 0 Å². The van der Waals surface area contributed by atoms with Crippen LogP contribution in [0.3, 0.4) is 0 Å². The summed E-state index contributed by atoms with van der Waals surface area (Å²) in [6, 6.07) is 0. The van der Waals surface area contributed by atoms with E-state index in [-0.39, 0.29) is 11.9 Å². The summed E-state index contributed by atoms with van der Waals surface area (Å²) < 4.78 is 26.5. The molecule has 0 aromatic heterocycles. The number of hydrogen-bond donors (Lipinski definition) is 2. The van der Waals surface area contributed by atoms with Gasteiger partial charge in [0, 0.05) is 18.9 Å². The SMILES string of the molecule is O=S(=O)(NCCSCCCO)C1CCCCC1. The molecule has 0 saturated heterocycles. The highest BCUT2D eigenvalue weighted by Gasteiger charge is 2.26. The Labute approximate surface area is 109 Å². The Morgan fingerprint density at radius 3 is 2.53 bits per heavy atom. The lowest BCUT2D eigenvalue weighted by atomic mass is 10.0. The second kappa shape index (κ2) is 8.34. The standard InChI is InChI=1S/C11H23NO3S2/c13-8-4-9-16-10-7-12-17(14,15)11-5-2-1-3-6-11/h11-13H,1-10H2. The van der Waals surface area contributed by atoms with Crippen LogP contribution in [0.1, 0.15) is 38.5 Å². The zero-order valence-corrected chi connectivity index (χ0v) is 11.9. The van der Waals surface area contributed by atoms with Crippen molar-refractivity contribution in [2.75, 3.05) is 24.7 Å². The highest BCUT2D eigenvalue weighted by Crippen LogP contribution is 2.22. The topological polar surface area (TPSA) is 66.4 Å². The van der Waals surface area contributed by atoms with Crippen LogP contribution in [0.4, 0.5) is 0 Å². The maximum Gasteiger partial charge on any atom is 0.214 e. The smallest absolute Gasteiger partial charge is 0.214 e. The predicted octanol–water partition coefficient (Wildman–Crippen LogP) is 1.35. The zero-order valence-electron chi connectivity index (χ0n) is 10.2. The van der Waals surface area contributed by atoms with Crippen LogP contribution in [0.2, 0.25) is 0 Å². The first-order chi connectivity index (χ1) is 8.17. The molecule has 0 aromatic rings. The number of sulfonamides is 1. The first-order valence-corrected chi connectivity index (χ1v) is 9.04. The fourth-order valence-corrected chi connectivity index (χ4v) is 4.51. The van der Waals surface area contributed by atoms with E-state index in [0.717, 1.165) is 43.6 Å². The molecule has 0 unspecified atom stereocenters. The van der Waals surface area contributed by atoms with Crippen LogP contribution in [0.25, 0.3) is 0 Å². The molecule has 0 amide bonds. The zero-order chi connectivity index (χ0) is 12.6. The highest BCUT2D eigenvalue weighted by atomic mass is 32.2. The van der Waals surface area contributed by atoms with Crippen LogP contribution >= 0.6 is 11.8 Å². The predicted molar refractivity (Wildman–Crippen MR) is 72.8 cm³/mol. The molecule has 0 atom stereocenters. The largest absolute Gasteiger partial charge is 0.396 e. The molecular weight excluding hydrogens is 258 g/mol. The third-order valence-electron chi connectivity index (χ3n) is 2.99. The van der Waals surface area contributed by atoms with E-state index in [0.29, 0.717) is 6.54 Å². The number of thioether (sulfide) groups is 1. The fraction of sp³-hybridized carbons (Fsp3) is 1.00. The van der Waals surface area contributed by atoms with Crippen LogP contribution < -0.4 is 4.72 Å². The van der Waals surface area contributed by atoms with Gasteiger partial charge in [0.2, 0.25) is 10.0 Å². The molecule has 0 aliphatic heterocycles. The van der Waals surface area contributed by atoms with E-state index in [2.05, 4.69) is 4.72 Å². The summed E-state index contributed by atoms with van der Waals surface area (Å²) in [5.74, 6) is 1.67. The van der Waals surface area contributed by atoms with Gasteiger partial charge in [-0.2, -0.15) is 11.8 Å². The third kappa shape index (κ3) is 6.08. The molecule has 0 radical (unpaired) electrons. The summed E-state index contributed by atoms with van der Waals surface area (Å²) in [5, 5.41) is 8.43. The molecule has 17 heavy (non-hydrogen) atoms. The van der Waals surface area contributed by atoms with Crippen molar-refractivity contribution in [3.8, 4) is 0 Å². The second-order valence-electron chi connectivity index (χ2n) is 4.39. The quantitative estimate of drug-likeness (QED) is 0.659. The molecule has 1 aliphatic carbocycles. The second-order valence-corrected chi connectivity index (χ2v) is 7.66. The van der Waals surface area contributed by atoms with E-state index in [9.17, 15) is 8.42 Å². The van der Waals surface area contributed by atoms with Gasteiger partial charge in [-0.15, -0.1) is 0 Å². The molecule has 0 spiro atoms. The summed E-state index contributed by atoms with van der Waals surface area (Å²) in [4.78, 5) is 0. The minimum atomic E-state index is -3.09. The summed E-state index contributed by atoms with van der Waals surface area (Å²) in [6.45, 7) is 0.718. The van der Waals surface area contributed by atoms with Gasteiger partial charge in [-0.25, -0.2) is 13.1 Å².